The van der Waals surface area contributed by atoms with Crippen LogP contribution >= 0.6 is 11.3 Å². The van der Waals surface area contributed by atoms with Crippen LogP contribution in [0.2, 0.25) is 0 Å². The van der Waals surface area contributed by atoms with E-state index in [-0.39, 0.29) is 0 Å². The molecule has 0 spiro atoms. The van der Waals surface area contributed by atoms with Crippen molar-refractivity contribution < 1.29 is 8.78 Å². The third kappa shape index (κ3) is 2.49. The lowest BCUT2D eigenvalue weighted by Gasteiger charge is -2.18. The molecule has 0 radical (unpaired) electrons. The third-order valence-corrected chi connectivity index (χ3v) is 12.5. The van der Waals surface area contributed by atoms with Gasteiger partial charge in [0.15, 0.2) is 11.6 Å². The molecule has 1 aromatic heterocycles. The summed E-state index contributed by atoms with van der Waals surface area (Å²) in [4.78, 5) is 0. The molecule has 0 unspecified atom stereocenters. The number of hydrogen-bond donors (Lipinski definition) is 0. The highest BCUT2D eigenvalue weighted by atomic mass is 32.1. The Hall–Kier alpha value is -5.64. The van der Waals surface area contributed by atoms with Crippen molar-refractivity contribution in [2.75, 3.05) is 0 Å². The van der Waals surface area contributed by atoms with Gasteiger partial charge in [-0.2, -0.15) is 0 Å². The van der Waals surface area contributed by atoms with E-state index in [2.05, 4.69) is 97.1 Å². The summed E-state index contributed by atoms with van der Waals surface area (Å²) in [6, 6.07) is 39.1. The SMILES string of the molecule is Fc1cc2sc3c4cc5cc6ccc7c8c9ccccc9c9ccccc9c8c8cc9cc%10ccc(c3c2cc1F)c4c%10c5c9c6c78. The standard InChI is InChI=1S/C44H18F2S/c45-32-17-29-34(18-33(32)46)47-44-31-16-22-14-19-9-11-27-39-25-7-3-1-5-23(25)24-6-2-4-8-26(24)40(39)30-15-21-13-20-10-12-28(43(29)44)42(31)36(20)38(22)37(21)35(19)41(27)30/h1-18H. The van der Waals surface area contributed by atoms with E-state index in [1.54, 1.807) is 11.3 Å². The van der Waals surface area contributed by atoms with Crippen LogP contribution in [0.4, 0.5) is 8.78 Å². The van der Waals surface area contributed by atoms with E-state index in [9.17, 15) is 8.78 Å². The maximum absolute atomic E-state index is 14.6. The van der Waals surface area contributed by atoms with Crippen molar-refractivity contribution in [3.63, 3.8) is 0 Å². The lowest BCUT2D eigenvalue weighted by molar-refractivity contribution is 0.511. The molecule has 0 aliphatic rings. The first-order valence-corrected chi connectivity index (χ1v) is 16.8. The quantitative estimate of drug-likeness (QED) is 0.117. The van der Waals surface area contributed by atoms with E-state index in [1.807, 2.05) is 0 Å². The Bertz CT molecular complexity index is 3530. The number of halogens is 2. The first-order chi connectivity index (χ1) is 23.1. The van der Waals surface area contributed by atoms with Gasteiger partial charge in [-0.05, 0) is 139 Å². The average Bonchev–Trinajstić information content (AvgIpc) is 3.73. The molecule has 0 aliphatic carbocycles. The summed E-state index contributed by atoms with van der Waals surface area (Å²) < 4.78 is 30.8. The van der Waals surface area contributed by atoms with Gasteiger partial charge in [0.1, 0.15) is 0 Å². The maximum atomic E-state index is 14.6. The van der Waals surface area contributed by atoms with Crippen molar-refractivity contribution in [3.05, 3.63) is 121 Å². The van der Waals surface area contributed by atoms with Crippen molar-refractivity contribution in [2.45, 2.75) is 0 Å². The molecule has 1 heterocycles. The first kappa shape index (κ1) is 23.7. The molecule has 0 bridgehead atoms. The Morgan fingerprint density at radius 2 is 0.809 bits per heavy atom. The van der Waals surface area contributed by atoms with Gasteiger partial charge in [-0.15, -0.1) is 11.3 Å². The average molecular weight is 617 g/mol. The molecule has 0 saturated carbocycles. The smallest absolute Gasteiger partial charge is 0.160 e. The van der Waals surface area contributed by atoms with Crippen LogP contribution in [0.1, 0.15) is 0 Å². The van der Waals surface area contributed by atoms with E-state index in [0.29, 0.717) is 0 Å². The van der Waals surface area contributed by atoms with Gasteiger partial charge >= 0.3 is 0 Å². The zero-order valence-corrected chi connectivity index (χ0v) is 25.4. The van der Waals surface area contributed by atoms with Crippen LogP contribution in [0, 0.1) is 11.6 Å². The predicted molar refractivity (Wildman–Crippen MR) is 199 cm³/mol. The second-order valence-corrected chi connectivity index (χ2v) is 14.4. The summed E-state index contributed by atoms with van der Waals surface area (Å²) in [5, 5.41) is 27.4. The number of hydrogen-bond acceptors (Lipinski definition) is 1. The molecule has 47 heavy (non-hydrogen) atoms. The number of benzene rings is 10. The number of fused-ring (bicyclic) bond motifs is 13. The Morgan fingerprint density at radius 1 is 0.319 bits per heavy atom. The maximum Gasteiger partial charge on any atom is 0.160 e. The third-order valence-electron chi connectivity index (χ3n) is 11.3. The van der Waals surface area contributed by atoms with Crippen molar-refractivity contribution in [3.8, 4) is 0 Å². The molecule has 0 N–H and O–H groups in total. The second kappa shape index (κ2) is 7.49. The van der Waals surface area contributed by atoms with Crippen LogP contribution in [-0.4, -0.2) is 0 Å². The van der Waals surface area contributed by atoms with Gasteiger partial charge in [0, 0.05) is 25.6 Å². The Morgan fingerprint density at radius 3 is 1.47 bits per heavy atom. The minimum absolute atomic E-state index is 0.785. The largest absolute Gasteiger partial charge is 0.204 e. The monoisotopic (exact) mass is 616 g/mol. The van der Waals surface area contributed by atoms with Crippen LogP contribution < -0.4 is 0 Å². The van der Waals surface area contributed by atoms with E-state index in [1.165, 1.54) is 114 Å². The van der Waals surface area contributed by atoms with Crippen molar-refractivity contribution >= 4 is 139 Å². The fraction of sp³-hybridized carbons (Fsp3) is 0. The lowest BCUT2D eigenvalue weighted by atomic mass is 9.85. The molecule has 0 nitrogen and oxygen atoms in total. The van der Waals surface area contributed by atoms with Gasteiger partial charge in [-0.1, -0.05) is 72.8 Å². The molecule has 214 valence electrons. The van der Waals surface area contributed by atoms with Gasteiger partial charge < -0.3 is 0 Å². The summed E-state index contributed by atoms with van der Waals surface area (Å²) in [6.45, 7) is 0. The van der Waals surface area contributed by atoms with Gasteiger partial charge in [-0.25, -0.2) is 8.78 Å². The highest BCUT2D eigenvalue weighted by Crippen LogP contribution is 2.55. The minimum Gasteiger partial charge on any atom is -0.204 e. The molecular formula is C44H18F2S. The molecule has 13 aromatic rings. The molecule has 0 aliphatic heterocycles. The van der Waals surface area contributed by atoms with E-state index in [4.69, 9.17) is 0 Å². The summed E-state index contributed by atoms with van der Waals surface area (Å²) in [6.07, 6.45) is 0. The Balaban J connectivity index is 1.31. The molecule has 0 saturated heterocycles. The van der Waals surface area contributed by atoms with E-state index < -0.39 is 11.6 Å². The van der Waals surface area contributed by atoms with Crippen LogP contribution in [0.3, 0.4) is 0 Å². The summed E-state index contributed by atoms with van der Waals surface area (Å²) in [5.41, 5.74) is 0. The van der Waals surface area contributed by atoms with Gasteiger partial charge in [0.05, 0.1) is 0 Å². The summed E-state index contributed by atoms with van der Waals surface area (Å²) >= 11 is 1.57. The second-order valence-electron chi connectivity index (χ2n) is 13.4. The van der Waals surface area contributed by atoms with Crippen molar-refractivity contribution in [1.29, 1.82) is 0 Å². The topological polar surface area (TPSA) is 0 Å². The van der Waals surface area contributed by atoms with E-state index in [0.717, 1.165) is 25.6 Å². The fourth-order valence-corrected chi connectivity index (χ4v) is 10.9. The van der Waals surface area contributed by atoms with Crippen molar-refractivity contribution in [2.24, 2.45) is 0 Å². The number of rotatable bonds is 0. The minimum atomic E-state index is -0.797. The van der Waals surface area contributed by atoms with Crippen LogP contribution in [0.25, 0.3) is 128 Å². The van der Waals surface area contributed by atoms with Crippen LogP contribution in [0.15, 0.2) is 109 Å². The molecule has 13 rings (SSSR count). The lowest BCUT2D eigenvalue weighted by Crippen LogP contribution is -1.89. The first-order valence-electron chi connectivity index (χ1n) is 16.0. The van der Waals surface area contributed by atoms with Gasteiger partial charge in [0.2, 0.25) is 0 Å². The molecule has 12 aromatic carbocycles. The molecule has 3 heteroatoms. The molecule has 0 fully saturated rings. The molecule has 0 atom stereocenters. The molecular weight excluding hydrogens is 599 g/mol. The van der Waals surface area contributed by atoms with Gasteiger partial charge in [-0.3, -0.25) is 0 Å². The zero-order valence-electron chi connectivity index (χ0n) is 24.6. The zero-order chi connectivity index (χ0) is 30.4. The number of thiophene rings is 1. The summed E-state index contributed by atoms with van der Waals surface area (Å²) in [7, 11) is 0. The van der Waals surface area contributed by atoms with Crippen LogP contribution in [0.5, 0.6) is 0 Å². The van der Waals surface area contributed by atoms with Crippen LogP contribution in [-0.2, 0) is 0 Å². The fourth-order valence-electron chi connectivity index (χ4n) is 9.61. The van der Waals surface area contributed by atoms with Crippen molar-refractivity contribution in [1.82, 2.24) is 0 Å². The van der Waals surface area contributed by atoms with Gasteiger partial charge in [0.25, 0.3) is 0 Å². The molecule has 0 amide bonds. The Labute approximate surface area is 267 Å². The Kier molecular flexibility index (Phi) is 3.77. The summed E-state index contributed by atoms with van der Waals surface area (Å²) in [5.74, 6) is -1.59. The highest BCUT2D eigenvalue weighted by molar-refractivity contribution is 7.27. The predicted octanol–water partition coefficient (Wildman–Crippen LogP) is 13.6. The van der Waals surface area contributed by atoms with E-state index >= 15 is 0 Å². The normalized spacial score (nSPS) is 13.3. The highest BCUT2D eigenvalue weighted by Gasteiger charge is 2.26.